The van der Waals surface area contributed by atoms with E-state index in [0.29, 0.717) is 18.3 Å². The Balaban J connectivity index is 1.49. The van der Waals surface area contributed by atoms with Crippen molar-refractivity contribution in [3.63, 3.8) is 0 Å². The second-order valence-corrected chi connectivity index (χ2v) is 17.3. The number of fused-ring (bicyclic) bond motifs is 5. The first kappa shape index (κ1) is 34.7. The van der Waals surface area contributed by atoms with E-state index in [-0.39, 0.29) is 39.6 Å². The standard InChI is InChI=1S/C36H62O8/c1-20(2)10-9-14-36(8,44-31-30(42)29(41)28(40)23(19-37)43-31)21-11-16-35(7)27(21)22(38)18-25-33(5)15-13-26(39)32(3,4)24(33)12-17-34(25,35)6/h10,21-31,37-42H,9,11-19H2,1-8H3/t21-,22-,23-,24-,25+,26+,27+,28-,29+,30-,31+,33+,34-,35-,36+/m1/s1. The summed E-state index contributed by atoms with van der Waals surface area (Å²) in [5.74, 6) is 0.713. The minimum absolute atomic E-state index is 0.0131. The van der Waals surface area contributed by atoms with Crippen LogP contribution in [0.15, 0.2) is 11.6 Å². The zero-order valence-corrected chi connectivity index (χ0v) is 28.5. The van der Waals surface area contributed by atoms with Gasteiger partial charge in [0.1, 0.15) is 24.4 Å². The molecular formula is C36H62O8. The lowest BCUT2D eigenvalue weighted by molar-refractivity contribution is -0.336. The van der Waals surface area contributed by atoms with Crippen LogP contribution >= 0.6 is 0 Å². The van der Waals surface area contributed by atoms with Crippen molar-refractivity contribution >= 4 is 0 Å². The normalized spacial score (nSPS) is 51.5. The molecule has 0 amide bonds. The molecular weight excluding hydrogens is 560 g/mol. The van der Waals surface area contributed by atoms with Gasteiger partial charge in [0.05, 0.1) is 24.4 Å². The van der Waals surface area contributed by atoms with Crippen molar-refractivity contribution in [2.24, 2.45) is 45.3 Å². The minimum Gasteiger partial charge on any atom is -0.394 e. The molecule has 1 saturated heterocycles. The van der Waals surface area contributed by atoms with Crippen LogP contribution in [-0.2, 0) is 9.47 Å². The Kier molecular flexibility index (Phi) is 9.35. The van der Waals surface area contributed by atoms with E-state index < -0.39 is 49.0 Å². The summed E-state index contributed by atoms with van der Waals surface area (Å²) in [7, 11) is 0. The van der Waals surface area contributed by atoms with Crippen LogP contribution in [0.4, 0.5) is 0 Å². The van der Waals surface area contributed by atoms with Gasteiger partial charge in [-0.2, -0.15) is 0 Å². The Morgan fingerprint density at radius 2 is 1.52 bits per heavy atom. The van der Waals surface area contributed by atoms with Gasteiger partial charge in [-0.1, -0.05) is 46.3 Å². The zero-order chi connectivity index (χ0) is 32.6. The molecule has 0 bridgehead atoms. The minimum atomic E-state index is -1.50. The van der Waals surface area contributed by atoms with Gasteiger partial charge in [-0.05, 0) is 124 Å². The summed E-state index contributed by atoms with van der Waals surface area (Å²) in [6.07, 6.45) is 2.60. The fourth-order valence-corrected chi connectivity index (χ4v) is 11.8. The van der Waals surface area contributed by atoms with Crippen LogP contribution in [0.5, 0.6) is 0 Å². The molecule has 0 aromatic heterocycles. The van der Waals surface area contributed by atoms with E-state index in [2.05, 4.69) is 61.5 Å². The maximum atomic E-state index is 12.2. The van der Waals surface area contributed by atoms with E-state index >= 15 is 0 Å². The Bertz CT molecular complexity index is 1070. The van der Waals surface area contributed by atoms with Crippen LogP contribution in [0.2, 0.25) is 0 Å². The van der Waals surface area contributed by atoms with Crippen molar-refractivity contribution in [1.29, 1.82) is 0 Å². The molecule has 5 aliphatic rings. The van der Waals surface area contributed by atoms with Gasteiger partial charge in [0.2, 0.25) is 0 Å². The van der Waals surface area contributed by atoms with E-state index in [9.17, 15) is 30.6 Å². The van der Waals surface area contributed by atoms with Crippen molar-refractivity contribution < 1.29 is 40.1 Å². The third-order valence-electron chi connectivity index (χ3n) is 14.6. The van der Waals surface area contributed by atoms with Crippen LogP contribution in [0.3, 0.4) is 0 Å². The van der Waals surface area contributed by atoms with Crippen molar-refractivity contribution in [3.05, 3.63) is 11.6 Å². The van der Waals surface area contributed by atoms with Crippen LogP contribution in [0.1, 0.15) is 113 Å². The molecule has 4 aliphatic carbocycles. The lowest BCUT2D eigenvalue weighted by Crippen LogP contribution is -2.67. The number of rotatable bonds is 7. The first-order valence-corrected chi connectivity index (χ1v) is 17.3. The molecule has 4 saturated carbocycles. The highest BCUT2D eigenvalue weighted by molar-refractivity contribution is 5.20. The summed E-state index contributed by atoms with van der Waals surface area (Å²) in [5, 5.41) is 65.0. The molecule has 1 aliphatic heterocycles. The summed E-state index contributed by atoms with van der Waals surface area (Å²) in [6.45, 7) is 17.5. The first-order valence-electron chi connectivity index (χ1n) is 17.3. The molecule has 5 rings (SSSR count). The highest BCUT2D eigenvalue weighted by Crippen LogP contribution is 2.76. The molecule has 1 heterocycles. The molecule has 15 atom stereocenters. The molecule has 5 fully saturated rings. The lowest BCUT2D eigenvalue weighted by atomic mass is 9.35. The summed E-state index contributed by atoms with van der Waals surface area (Å²) in [6, 6.07) is 0. The van der Waals surface area contributed by atoms with Gasteiger partial charge in [0.25, 0.3) is 0 Å². The molecule has 8 heteroatoms. The second kappa shape index (κ2) is 11.8. The maximum Gasteiger partial charge on any atom is 0.187 e. The van der Waals surface area contributed by atoms with E-state index in [1.165, 1.54) is 5.57 Å². The number of aliphatic hydroxyl groups is 6. The molecule has 6 N–H and O–H groups in total. The fourth-order valence-electron chi connectivity index (χ4n) is 11.8. The quantitative estimate of drug-likeness (QED) is 0.231. The fraction of sp³-hybridized carbons (Fsp3) is 0.944. The van der Waals surface area contributed by atoms with Crippen LogP contribution < -0.4 is 0 Å². The Morgan fingerprint density at radius 3 is 2.16 bits per heavy atom. The second-order valence-electron chi connectivity index (χ2n) is 17.3. The maximum absolute atomic E-state index is 12.2. The molecule has 0 unspecified atom stereocenters. The number of allylic oxidation sites excluding steroid dienone is 2. The molecule has 44 heavy (non-hydrogen) atoms. The van der Waals surface area contributed by atoms with Gasteiger partial charge in [0, 0.05) is 0 Å². The monoisotopic (exact) mass is 622 g/mol. The molecule has 0 radical (unpaired) electrons. The van der Waals surface area contributed by atoms with Crippen molar-refractivity contribution in [2.75, 3.05) is 6.61 Å². The van der Waals surface area contributed by atoms with Gasteiger partial charge < -0.3 is 40.1 Å². The predicted molar refractivity (Wildman–Crippen MR) is 168 cm³/mol. The van der Waals surface area contributed by atoms with E-state index in [4.69, 9.17) is 9.47 Å². The summed E-state index contributed by atoms with van der Waals surface area (Å²) < 4.78 is 12.6. The summed E-state index contributed by atoms with van der Waals surface area (Å²) in [5.41, 5.74) is 0.171. The van der Waals surface area contributed by atoms with Crippen LogP contribution in [-0.4, -0.2) is 85.8 Å². The van der Waals surface area contributed by atoms with Gasteiger partial charge in [0.15, 0.2) is 6.29 Å². The topological polar surface area (TPSA) is 140 Å². The van der Waals surface area contributed by atoms with Gasteiger partial charge in [-0.15, -0.1) is 0 Å². The predicted octanol–water partition coefficient (Wildman–Crippen LogP) is 4.32. The van der Waals surface area contributed by atoms with E-state index in [1.54, 1.807) is 0 Å². The highest BCUT2D eigenvalue weighted by atomic mass is 16.7. The molecule has 8 nitrogen and oxygen atoms in total. The Labute approximate surface area is 265 Å². The van der Waals surface area contributed by atoms with Gasteiger partial charge in [-0.3, -0.25) is 0 Å². The van der Waals surface area contributed by atoms with E-state index in [0.717, 1.165) is 51.4 Å². The number of hydrogen-bond acceptors (Lipinski definition) is 8. The van der Waals surface area contributed by atoms with E-state index in [1.807, 2.05) is 0 Å². The SMILES string of the molecule is CC(C)=CCC[C@](C)(O[C@@H]1O[C@H](CO)[C@@H](O)[C@H](O)[C@H]1O)[C@@H]1CC[C@]2(C)[C@@H]1[C@H](O)C[C@H]1[C@@]3(C)CC[C@H](O)C(C)(C)[C@H]3CC[C@]12C. The summed E-state index contributed by atoms with van der Waals surface area (Å²) >= 11 is 0. The summed E-state index contributed by atoms with van der Waals surface area (Å²) in [4.78, 5) is 0. The smallest absolute Gasteiger partial charge is 0.187 e. The highest BCUT2D eigenvalue weighted by Gasteiger charge is 2.71. The van der Waals surface area contributed by atoms with Crippen LogP contribution in [0, 0.1) is 45.3 Å². The third-order valence-corrected chi connectivity index (χ3v) is 14.6. The molecule has 0 aromatic rings. The van der Waals surface area contributed by atoms with Crippen molar-refractivity contribution in [2.45, 2.75) is 162 Å². The van der Waals surface area contributed by atoms with Crippen molar-refractivity contribution in [3.8, 4) is 0 Å². The largest absolute Gasteiger partial charge is 0.394 e. The Morgan fingerprint density at radius 1 is 0.864 bits per heavy atom. The third kappa shape index (κ3) is 5.17. The first-order chi connectivity index (χ1) is 20.4. The van der Waals surface area contributed by atoms with Gasteiger partial charge in [-0.25, -0.2) is 0 Å². The van der Waals surface area contributed by atoms with Gasteiger partial charge >= 0.3 is 0 Å². The number of aliphatic hydroxyl groups excluding tert-OH is 6. The molecule has 0 aromatic carbocycles. The lowest BCUT2D eigenvalue weighted by Gasteiger charge is -2.70. The van der Waals surface area contributed by atoms with Crippen molar-refractivity contribution in [1.82, 2.24) is 0 Å². The molecule has 254 valence electrons. The Hall–Kier alpha value is -0.580. The van der Waals surface area contributed by atoms with Crippen LogP contribution in [0.25, 0.3) is 0 Å². The molecule has 0 spiro atoms. The average Bonchev–Trinajstić information content (AvgIpc) is 3.33. The zero-order valence-electron chi connectivity index (χ0n) is 28.5. The number of hydrogen-bond donors (Lipinski definition) is 6. The average molecular weight is 623 g/mol. The number of ether oxygens (including phenoxy) is 2.